The molecule has 1 rings (SSSR count). The minimum atomic E-state index is 0. The van der Waals surface area contributed by atoms with E-state index >= 15 is 0 Å². The first-order chi connectivity index (χ1) is 5.70. The van der Waals surface area contributed by atoms with Gasteiger partial charge in [0, 0.05) is 38.6 Å². The summed E-state index contributed by atoms with van der Waals surface area (Å²) in [5.74, 6) is 0.658. The molecule has 0 saturated carbocycles. The molecule has 0 spiro atoms. The van der Waals surface area contributed by atoms with Crippen LogP contribution in [-0.4, -0.2) is 23.8 Å². The molecule has 1 saturated heterocycles. The molecule has 3 heteroatoms. The molecule has 1 aliphatic heterocycles. The predicted molar refractivity (Wildman–Crippen MR) is 51.7 cm³/mol. The van der Waals surface area contributed by atoms with Crippen LogP contribution in [0, 0.1) is 13.0 Å². The number of Topliss-reactive ketones (excluding diaryl/α,β-unsaturated/α-hetero) is 1. The number of hydrogen-bond acceptors (Lipinski definition) is 2. The van der Waals surface area contributed by atoms with Gasteiger partial charge in [0.1, 0.15) is 5.78 Å². The molecule has 0 atom stereocenters. The molecule has 0 aromatic carbocycles. The third-order valence-corrected chi connectivity index (χ3v) is 2.16. The van der Waals surface area contributed by atoms with Crippen molar-refractivity contribution in [3.8, 4) is 0 Å². The van der Waals surface area contributed by atoms with Gasteiger partial charge in [0.15, 0.2) is 0 Å². The number of carbonyl (C=O) groups is 1. The Kier molecular flexibility index (Phi) is 11.6. The fraction of sp³-hybridized carbons (Fsp3) is 0.800. The van der Waals surface area contributed by atoms with Crippen LogP contribution < -0.4 is 0 Å². The van der Waals surface area contributed by atoms with Gasteiger partial charge in [-0.25, -0.2) is 0 Å². The Hall–Kier alpha value is 0.734. The second-order valence-electron chi connectivity index (χ2n) is 3.00. The van der Waals surface area contributed by atoms with E-state index in [1.807, 2.05) is 18.7 Å². The number of hydrogen-bond donors (Lipinski definition) is 0. The maximum atomic E-state index is 10.9. The monoisotopic (exact) mass is 259 g/mol. The van der Waals surface area contributed by atoms with Crippen molar-refractivity contribution in [2.24, 2.45) is 5.92 Å². The topological polar surface area (TPSA) is 20.3 Å². The molecule has 13 heavy (non-hydrogen) atoms. The summed E-state index contributed by atoms with van der Waals surface area (Å²) in [6.07, 6.45) is 2.00. The predicted octanol–water partition coefficient (Wildman–Crippen LogP) is 2.10. The van der Waals surface area contributed by atoms with Gasteiger partial charge in [-0.2, -0.15) is 0 Å². The van der Waals surface area contributed by atoms with Gasteiger partial charge in [-0.05, 0) is 32.9 Å². The Morgan fingerprint density at radius 1 is 1.31 bits per heavy atom. The van der Waals surface area contributed by atoms with Crippen LogP contribution in [0.4, 0.5) is 0 Å². The minimum absolute atomic E-state index is 0. The van der Waals surface area contributed by atoms with E-state index in [-0.39, 0.29) is 32.7 Å². The normalized spacial score (nSPS) is 18.2. The molecule has 0 aliphatic carbocycles. The quantitative estimate of drug-likeness (QED) is 0.672. The van der Waals surface area contributed by atoms with Crippen molar-refractivity contribution < 1.29 is 37.5 Å². The summed E-state index contributed by atoms with van der Waals surface area (Å²) < 4.78 is 0. The van der Waals surface area contributed by atoms with Crippen molar-refractivity contribution in [1.29, 1.82) is 0 Å². The fourth-order valence-electron chi connectivity index (χ4n) is 1.34. The number of nitrogens with zero attached hydrogens (tertiary/aromatic N) is 1. The summed E-state index contributed by atoms with van der Waals surface area (Å²) in [7, 11) is 3.81. The van der Waals surface area contributed by atoms with Crippen LogP contribution in [0.15, 0.2) is 0 Å². The Morgan fingerprint density at radius 2 is 1.69 bits per heavy atom. The Bertz CT molecular complexity index is 131. The molecule has 1 radical (unpaired) electrons. The van der Waals surface area contributed by atoms with E-state index in [4.69, 9.17) is 0 Å². The Labute approximate surface area is 107 Å². The van der Waals surface area contributed by atoms with Gasteiger partial charge in [-0.15, -0.1) is 0 Å². The van der Waals surface area contributed by atoms with Crippen LogP contribution in [0.1, 0.15) is 33.6 Å². The number of carbonyl (C=O) groups excluding carboxylic acids is 1. The van der Waals surface area contributed by atoms with E-state index < -0.39 is 0 Å². The number of ketones is 1. The van der Waals surface area contributed by atoms with Gasteiger partial charge < -0.3 is 4.90 Å². The second-order valence-corrected chi connectivity index (χ2v) is 3.00. The van der Waals surface area contributed by atoms with Crippen molar-refractivity contribution in [2.75, 3.05) is 13.1 Å². The van der Waals surface area contributed by atoms with Crippen molar-refractivity contribution >= 4 is 5.78 Å². The van der Waals surface area contributed by atoms with Gasteiger partial charge in [0.2, 0.25) is 0 Å². The minimum Gasteiger partial charge on any atom is -0.459 e. The molecule has 0 unspecified atom stereocenters. The van der Waals surface area contributed by atoms with Crippen LogP contribution in [0.3, 0.4) is 0 Å². The van der Waals surface area contributed by atoms with E-state index in [9.17, 15) is 4.79 Å². The van der Waals surface area contributed by atoms with Gasteiger partial charge >= 0.3 is 0 Å². The maximum Gasteiger partial charge on any atom is 0.132 e. The summed E-state index contributed by atoms with van der Waals surface area (Å²) in [6, 6.07) is 0. The molecule has 1 fully saturated rings. The van der Waals surface area contributed by atoms with Gasteiger partial charge in [-0.3, -0.25) is 11.8 Å². The first-order valence-corrected chi connectivity index (χ1v) is 4.76. The van der Waals surface area contributed by atoms with Crippen LogP contribution in [0.25, 0.3) is 0 Å². The average molecular weight is 259 g/mol. The molecule has 0 bridgehead atoms. The molecule has 0 aromatic heterocycles. The third kappa shape index (κ3) is 6.76. The van der Waals surface area contributed by atoms with E-state index in [0.717, 1.165) is 25.9 Å². The van der Waals surface area contributed by atoms with Gasteiger partial charge in [0.05, 0.1) is 0 Å². The van der Waals surface area contributed by atoms with E-state index in [2.05, 4.69) is 7.05 Å². The average Bonchev–Trinajstić information content (AvgIpc) is 2.09. The molecule has 75 valence electrons. The number of rotatable bonds is 1. The van der Waals surface area contributed by atoms with Crippen LogP contribution >= 0.6 is 0 Å². The van der Waals surface area contributed by atoms with Crippen molar-refractivity contribution in [3.05, 3.63) is 7.05 Å². The summed E-state index contributed by atoms with van der Waals surface area (Å²) in [5.41, 5.74) is 0. The molecular formula is C10H20NOY-. The smallest absolute Gasteiger partial charge is 0.132 e. The van der Waals surface area contributed by atoms with Gasteiger partial charge in [0.25, 0.3) is 0 Å². The summed E-state index contributed by atoms with van der Waals surface area (Å²) in [5, 5.41) is 0. The maximum absolute atomic E-state index is 10.9. The molecule has 0 amide bonds. The van der Waals surface area contributed by atoms with Crippen molar-refractivity contribution in [3.63, 3.8) is 0 Å². The molecule has 0 aromatic rings. The van der Waals surface area contributed by atoms with Crippen LogP contribution in [0.5, 0.6) is 0 Å². The SMILES string of the molecule is CC.[CH2-]N1CCC(C(C)=O)CC1.[Y]. The van der Waals surface area contributed by atoms with Crippen LogP contribution in [0.2, 0.25) is 0 Å². The zero-order chi connectivity index (χ0) is 9.56. The first kappa shape index (κ1) is 16.2. The van der Waals surface area contributed by atoms with E-state index in [0.29, 0.717) is 11.7 Å². The molecular weight excluding hydrogens is 239 g/mol. The first-order valence-electron chi connectivity index (χ1n) is 4.76. The Balaban J connectivity index is 0. The zero-order valence-corrected chi connectivity index (χ0v) is 11.9. The van der Waals surface area contributed by atoms with Crippen molar-refractivity contribution in [2.45, 2.75) is 33.6 Å². The Morgan fingerprint density at radius 3 is 2.00 bits per heavy atom. The zero-order valence-electron chi connectivity index (χ0n) is 9.05. The standard InChI is InChI=1S/C8H14NO.C2H6.Y/c1-7(10)8-3-5-9(2)6-4-8;1-2;/h8H,2-6H2,1H3;1-2H3;/q-1;;. The van der Waals surface area contributed by atoms with E-state index in [1.54, 1.807) is 6.92 Å². The fourth-order valence-corrected chi connectivity index (χ4v) is 1.34. The molecule has 1 heterocycles. The number of piperidine rings is 1. The number of likely N-dealkylation sites (tertiary alicyclic amines) is 1. The molecule has 2 nitrogen and oxygen atoms in total. The summed E-state index contributed by atoms with van der Waals surface area (Å²) in [6.45, 7) is 7.64. The van der Waals surface area contributed by atoms with Gasteiger partial charge in [-0.1, -0.05) is 13.8 Å². The molecule has 0 N–H and O–H groups in total. The van der Waals surface area contributed by atoms with Crippen molar-refractivity contribution in [1.82, 2.24) is 4.90 Å². The van der Waals surface area contributed by atoms with E-state index in [1.165, 1.54) is 0 Å². The largest absolute Gasteiger partial charge is 0.459 e. The van der Waals surface area contributed by atoms with Crippen LogP contribution in [-0.2, 0) is 37.5 Å². The summed E-state index contributed by atoms with van der Waals surface area (Å²) >= 11 is 0. The summed E-state index contributed by atoms with van der Waals surface area (Å²) in [4.78, 5) is 12.9. The molecule has 1 aliphatic rings. The third-order valence-electron chi connectivity index (χ3n) is 2.16. The second kappa shape index (κ2) is 9.30.